The molecule has 8 nitrogen and oxygen atoms in total. The molecule has 3 fully saturated rings. The normalized spacial score (nSPS) is 28.6. The van der Waals surface area contributed by atoms with E-state index in [4.69, 9.17) is 9.84 Å². The summed E-state index contributed by atoms with van der Waals surface area (Å²) in [4.78, 5) is 48.9. The summed E-state index contributed by atoms with van der Waals surface area (Å²) in [5.41, 5.74) is 0. The van der Waals surface area contributed by atoms with Crippen LogP contribution in [0.1, 0.15) is 77.6 Å². The molecule has 2 saturated carbocycles. The number of carbonyl (C=O) groups excluding carboxylic acids is 3. The molecule has 1 amide bonds. The van der Waals surface area contributed by atoms with Crippen molar-refractivity contribution in [1.29, 1.82) is 0 Å². The lowest BCUT2D eigenvalue weighted by atomic mass is 9.84. The predicted octanol–water partition coefficient (Wildman–Crippen LogP) is 4.16. The van der Waals surface area contributed by atoms with Crippen molar-refractivity contribution in [1.82, 2.24) is 4.90 Å². The van der Waals surface area contributed by atoms with Gasteiger partial charge in [0.2, 0.25) is 5.91 Å². The predicted molar refractivity (Wildman–Crippen MR) is 140 cm³/mol. The number of carboxylic acids is 1. The fourth-order valence-electron chi connectivity index (χ4n) is 5.75. The lowest BCUT2D eigenvalue weighted by molar-refractivity contribution is -0.155. The molecule has 2 aliphatic carbocycles. The van der Waals surface area contributed by atoms with Crippen molar-refractivity contribution >= 4 is 23.6 Å². The number of carbonyl (C=O) groups is 4. The second-order valence-electron chi connectivity index (χ2n) is 10.8. The highest BCUT2D eigenvalue weighted by Gasteiger charge is 2.51. The van der Waals surface area contributed by atoms with Gasteiger partial charge in [0.1, 0.15) is 11.9 Å². The minimum atomic E-state index is -0.964. The zero-order valence-electron chi connectivity index (χ0n) is 22.5. The van der Waals surface area contributed by atoms with Gasteiger partial charge in [0.25, 0.3) is 0 Å². The van der Waals surface area contributed by atoms with Crippen LogP contribution in [-0.2, 0) is 23.9 Å². The van der Waals surface area contributed by atoms with Gasteiger partial charge in [0.15, 0.2) is 0 Å². The molecule has 1 heterocycles. The van der Waals surface area contributed by atoms with Crippen molar-refractivity contribution < 1.29 is 34.1 Å². The van der Waals surface area contributed by atoms with Gasteiger partial charge < -0.3 is 19.8 Å². The van der Waals surface area contributed by atoms with E-state index in [0.717, 1.165) is 57.9 Å². The molecule has 0 aromatic carbocycles. The molecule has 3 rings (SSSR count). The molecule has 0 spiro atoms. The minimum absolute atomic E-state index is 0.00236. The molecule has 1 aliphatic heterocycles. The molecule has 5 unspecified atom stereocenters. The lowest BCUT2D eigenvalue weighted by Gasteiger charge is -2.25. The number of esters is 1. The number of Topliss-reactive ketones (excluding diaryl/α,β-unsaturated/α-hetero) is 1. The monoisotopic (exact) mass is 519 g/mol. The summed E-state index contributed by atoms with van der Waals surface area (Å²) in [5.74, 6) is -2.69. The molecular weight excluding hydrogens is 474 g/mol. The Hall–Kier alpha value is -2.48. The van der Waals surface area contributed by atoms with Crippen LogP contribution >= 0.6 is 0 Å². The van der Waals surface area contributed by atoms with Crippen molar-refractivity contribution in [2.45, 2.75) is 89.8 Å². The van der Waals surface area contributed by atoms with Crippen molar-refractivity contribution in [3.63, 3.8) is 0 Å². The maximum atomic E-state index is 12.3. The summed E-state index contributed by atoms with van der Waals surface area (Å²) in [6, 6.07) is 0. The van der Waals surface area contributed by atoms with Crippen molar-refractivity contribution in [3.05, 3.63) is 25.3 Å². The average Bonchev–Trinajstić information content (AvgIpc) is 3.57. The van der Waals surface area contributed by atoms with Gasteiger partial charge in [-0.05, 0) is 64.2 Å². The summed E-state index contributed by atoms with van der Waals surface area (Å²) in [6.07, 6.45) is 11.8. The molecule has 8 heteroatoms. The van der Waals surface area contributed by atoms with Crippen LogP contribution in [0.4, 0.5) is 0 Å². The van der Waals surface area contributed by atoms with Crippen LogP contribution in [0.3, 0.4) is 0 Å². The van der Waals surface area contributed by atoms with E-state index in [1.54, 1.807) is 4.90 Å². The second kappa shape index (κ2) is 15.1. The topological polar surface area (TPSA) is 121 Å². The lowest BCUT2D eigenvalue weighted by Crippen LogP contribution is -2.39. The zero-order chi connectivity index (χ0) is 27.5. The number of aliphatic hydroxyl groups excluding tert-OH is 1. The molecular formula is C29H45NO7. The first-order valence-corrected chi connectivity index (χ1v) is 13.7. The number of aliphatic carboxylic acids is 1. The molecule has 7 atom stereocenters. The van der Waals surface area contributed by atoms with E-state index < -0.39 is 23.9 Å². The Balaban J connectivity index is 0.000000260. The SMILES string of the molecule is C=CCCCCC(C)C(=O)[C@@H]1CC(O)C[C@H]1C(=O)O.C=CCCCCN(C)C(=O)C1CC2CC1C(=O)O2. The molecule has 0 radical (unpaired) electrons. The third-order valence-electron chi connectivity index (χ3n) is 7.95. The van der Waals surface area contributed by atoms with E-state index in [9.17, 15) is 24.3 Å². The minimum Gasteiger partial charge on any atom is -0.481 e. The second-order valence-corrected chi connectivity index (χ2v) is 10.8. The number of allylic oxidation sites excluding steroid dienone is 2. The van der Waals surface area contributed by atoms with Crippen molar-refractivity contribution in [3.8, 4) is 0 Å². The van der Waals surface area contributed by atoms with Crippen LogP contribution < -0.4 is 0 Å². The van der Waals surface area contributed by atoms with Gasteiger partial charge >= 0.3 is 11.9 Å². The highest BCUT2D eigenvalue weighted by Crippen LogP contribution is 2.42. The number of carboxylic acid groups (broad SMARTS) is 1. The molecule has 0 aromatic heterocycles. The number of ketones is 1. The number of rotatable bonds is 14. The van der Waals surface area contributed by atoms with Crippen LogP contribution in [-0.4, -0.2) is 64.5 Å². The van der Waals surface area contributed by atoms with E-state index in [1.807, 2.05) is 26.1 Å². The summed E-state index contributed by atoms with van der Waals surface area (Å²) >= 11 is 0. The Labute approximate surface area is 221 Å². The number of unbranched alkanes of at least 4 members (excludes halogenated alkanes) is 4. The van der Waals surface area contributed by atoms with E-state index in [0.29, 0.717) is 12.8 Å². The number of fused-ring (bicyclic) bond motifs is 2. The van der Waals surface area contributed by atoms with E-state index >= 15 is 0 Å². The quantitative estimate of drug-likeness (QED) is 0.201. The molecule has 37 heavy (non-hydrogen) atoms. The summed E-state index contributed by atoms with van der Waals surface area (Å²) in [5, 5.41) is 18.7. The fourth-order valence-corrected chi connectivity index (χ4v) is 5.75. The Bertz CT molecular complexity index is 825. The number of aliphatic hydroxyl groups is 1. The Morgan fingerprint density at radius 3 is 2.19 bits per heavy atom. The van der Waals surface area contributed by atoms with E-state index in [-0.39, 0.29) is 47.9 Å². The van der Waals surface area contributed by atoms with E-state index in [1.165, 1.54) is 0 Å². The third kappa shape index (κ3) is 8.80. The van der Waals surface area contributed by atoms with Gasteiger partial charge in [-0.25, -0.2) is 0 Å². The first-order valence-electron chi connectivity index (χ1n) is 13.7. The summed E-state index contributed by atoms with van der Waals surface area (Å²) in [6.45, 7) is 9.95. The van der Waals surface area contributed by atoms with Crippen molar-refractivity contribution in [2.75, 3.05) is 13.6 Å². The molecule has 0 aromatic rings. The molecule has 208 valence electrons. The van der Waals surface area contributed by atoms with Gasteiger partial charge in [-0.1, -0.05) is 25.5 Å². The maximum Gasteiger partial charge on any atom is 0.310 e. The number of amides is 1. The highest BCUT2D eigenvalue weighted by molar-refractivity contribution is 5.88. The Morgan fingerprint density at radius 1 is 1.00 bits per heavy atom. The first kappa shape index (κ1) is 30.7. The van der Waals surface area contributed by atoms with Crippen LogP contribution in [0.15, 0.2) is 25.3 Å². The average molecular weight is 520 g/mol. The number of hydrogen-bond acceptors (Lipinski definition) is 6. The van der Waals surface area contributed by atoms with Crippen LogP contribution in [0.5, 0.6) is 0 Å². The fraction of sp³-hybridized carbons (Fsp3) is 0.724. The summed E-state index contributed by atoms with van der Waals surface area (Å²) in [7, 11) is 1.83. The molecule has 3 aliphatic rings. The smallest absolute Gasteiger partial charge is 0.310 e. The van der Waals surface area contributed by atoms with Crippen LogP contribution in [0.2, 0.25) is 0 Å². The first-order chi connectivity index (χ1) is 17.6. The van der Waals surface area contributed by atoms with Gasteiger partial charge in [-0.3, -0.25) is 19.2 Å². The third-order valence-corrected chi connectivity index (χ3v) is 7.95. The molecule has 2 bridgehead atoms. The molecule has 1 saturated heterocycles. The number of hydrogen-bond donors (Lipinski definition) is 2. The van der Waals surface area contributed by atoms with Gasteiger partial charge in [0.05, 0.1) is 23.9 Å². The van der Waals surface area contributed by atoms with E-state index in [2.05, 4.69) is 13.2 Å². The highest BCUT2D eigenvalue weighted by atomic mass is 16.6. The Morgan fingerprint density at radius 2 is 1.62 bits per heavy atom. The zero-order valence-corrected chi connectivity index (χ0v) is 22.5. The standard InChI is InChI=1S/C15H24O4.C14H21NO3/c1-3-4-5-6-7-10(2)14(17)12-8-11(16)9-13(12)15(18)19;1-3-4-5-6-7-15(2)13(16)11-8-10-9-12(11)14(17)18-10/h3,10-13,16H,1,4-9H2,2H3,(H,18,19);3,10-12H,1,4-9H2,2H3/t10?,11?,12-,13-;/m1./s1. The number of ether oxygens (including phenoxy) is 1. The molecule has 2 N–H and O–H groups in total. The van der Waals surface area contributed by atoms with Crippen LogP contribution in [0, 0.1) is 29.6 Å². The summed E-state index contributed by atoms with van der Waals surface area (Å²) < 4.78 is 5.11. The van der Waals surface area contributed by atoms with Crippen molar-refractivity contribution in [2.24, 2.45) is 29.6 Å². The Kier molecular flexibility index (Phi) is 12.5. The number of nitrogens with zero attached hydrogens (tertiary/aromatic N) is 1. The van der Waals surface area contributed by atoms with Crippen LogP contribution in [0.25, 0.3) is 0 Å². The van der Waals surface area contributed by atoms with Gasteiger partial charge in [0, 0.05) is 25.4 Å². The van der Waals surface area contributed by atoms with Gasteiger partial charge in [-0.2, -0.15) is 0 Å². The van der Waals surface area contributed by atoms with Gasteiger partial charge in [-0.15, -0.1) is 13.2 Å². The maximum absolute atomic E-state index is 12.3. The largest absolute Gasteiger partial charge is 0.481 e.